The largest absolute Gasteiger partial charge is 0.318 e. The van der Waals surface area contributed by atoms with Gasteiger partial charge in [0.25, 0.3) is 11.1 Å². The molecule has 8 nitrogen and oxygen atoms in total. The summed E-state index contributed by atoms with van der Waals surface area (Å²) in [4.78, 5) is 16.3. The van der Waals surface area contributed by atoms with Crippen molar-refractivity contribution in [3.8, 4) is 11.8 Å². The standard InChI is InChI=1S/C20H18ClN5O3S2/c1-11-5-6-16(21)9-17(11)26-12(2)7-14(13(26)3)8-15(10-22)18(27)23-19-24-20(25-30-19)31(4,28)29/h5-9H,1-4H3,(H,23,24,25,27)/b15-8-. The maximum absolute atomic E-state index is 12.5. The van der Waals surface area contributed by atoms with Crippen LogP contribution in [0, 0.1) is 32.1 Å². The maximum atomic E-state index is 12.5. The third kappa shape index (κ3) is 4.85. The molecular formula is C20H18ClN5O3S2. The number of carbonyl (C=O) groups is 1. The number of aryl methyl sites for hydroxylation is 2. The highest BCUT2D eigenvalue weighted by molar-refractivity contribution is 7.90. The molecule has 1 aromatic carbocycles. The van der Waals surface area contributed by atoms with Crippen LogP contribution in [-0.2, 0) is 14.6 Å². The lowest BCUT2D eigenvalue weighted by atomic mass is 10.1. The van der Waals surface area contributed by atoms with Crippen LogP contribution in [-0.4, -0.2) is 34.5 Å². The van der Waals surface area contributed by atoms with Gasteiger partial charge in [0.2, 0.25) is 15.0 Å². The fourth-order valence-corrected chi connectivity index (χ4v) is 4.61. The van der Waals surface area contributed by atoms with Crippen molar-refractivity contribution in [2.24, 2.45) is 0 Å². The summed E-state index contributed by atoms with van der Waals surface area (Å²) in [5.41, 5.74) is 4.22. The number of hydrogen-bond acceptors (Lipinski definition) is 7. The Morgan fingerprint density at radius 2 is 2.00 bits per heavy atom. The van der Waals surface area contributed by atoms with E-state index in [0.29, 0.717) is 10.6 Å². The van der Waals surface area contributed by atoms with Crippen LogP contribution in [0.2, 0.25) is 5.02 Å². The van der Waals surface area contributed by atoms with Gasteiger partial charge in [0.15, 0.2) is 0 Å². The van der Waals surface area contributed by atoms with Gasteiger partial charge in [-0.3, -0.25) is 10.1 Å². The molecule has 0 unspecified atom stereocenters. The molecule has 160 valence electrons. The first kappa shape index (κ1) is 22.7. The molecular weight excluding hydrogens is 458 g/mol. The lowest BCUT2D eigenvalue weighted by Crippen LogP contribution is -2.13. The fraction of sp³-hybridized carbons (Fsp3) is 0.200. The number of nitriles is 1. The highest BCUT2D eigenvalue weighted by Crippen LogP contribution is 2.27. The number of benzene rings is 1. The molecule has 0 aliphatic rings. The van der Waals surface area contributed by atoms with Crippen molar-refractivity contribution in [2.75, 3.05) is 11.6 Å². The van der Waals surface area contributed by atoms with Crippen molar-refractivity contribution in [1.29, 1.82) is 5.26 Å². The van der Waals surface area contributed by atoms with E-state index in [9.17, 15) is 18.5 Å². The van der Waals surface area contributed by atoms with Crippen molar-refractivity contribution in [3.05, 3.63) is 57.4 Å². The van der Waals surface area contributed by atoms with E-state index in [-0.39, 0.29) is 15.9 Å². The van der Waals surface area contributed by atoms with Crippen molar-refractivity contribution in [3.63, 3.8) is 0 Å². The van der Waals surface area contributed by atoms with Gasteiger partial charge in [-0.1, -0.05) is 17.7 Å². The predicted molar refractivity (Wildman–Crippen MR) is 120 cm³/mol. The van der Waals surface area contributed by atoms with Gasteiger partial charge in [-0.05, 0) is 56.2 Å². The summed E-state index contributed by atoms with van der Waals surface area (Å²) in [7, 11) is -3.59. The normalized spacial score (nSPS) is 11.9. The first-order valence-corrected chi connectivity index (χ1v) is 12.0. The fourth-order valence-electron chi connectivity index (χ4n) is 3.01. The van der Waals surface area contributed by atoms with Crippen LogP contribution in [0.1, 0.15) is 22.5 Å². The van der Waals surface area contributed by atoms with Gasteiger partial charge in [0.1, 0.15) is 11.6 Å². The molecule has 0 aliphatic carbocycles. The minimum Gasteiger partial charge on any atom is -0.318 e. The predicted octanol–water partition coefficient (Wildman–Crippen LogP) is 3.86. The number of hydrogen-bond donors (Lipinski definition) is 1. The number of aromatic nitrogens is 3. The van der Waals surface area contributed by atoms with Gasteiger partial charge in [-0.2, -0.15) is 14.6 Å². The molecule has 1 amide bonds. The minimum atomic E-state index is -3.59. The Kier molecular flexibility index (Phi) is 6.31. The summed E-state index contributed by atoms with van der Waals surface area (Å²) in [6, 6.07) is 9.35. The molecule has 0 bridgehead atoms. The van der Waals surface area contributed by atoms with Crippen molar-refractivity contribution in [1.82, 2.24) is 13.9 Å². The van der Waals surface area contributed by atoms with E-state index in [1.54, 1.807) is 0 Å². The van der Waals surface area contributed by atoms with Gasteiger partial charge in [-0.15, -0.1) is 0 Å². The van der Waals surface area contributed by atoms with E-state index >= 15 is 0 Å². The topological polar surface area (TPSA) is 118 Å². The van der Waals surface area contributed by atoms with Crippen LogP contribution in [0.25, 0.3) is 11.8 Å². The zero-order chi connectivity index (χ0) is 22.9. The molecule has 0 aliphatic heterocycles. The summed E-state index contributed by atoms with van der Waals surface area (Å²) in [5.74, 6) is -0.706. The van der Waals surface area contributed by atoms with Crippen LogP contribution < -0.4 is 5.32 Å². The molecule has 2 aromatic heterocycles. The van der Waals surface area contributed by atoms with Gasteiger partial charge in [0, 0.05) is 39.9 Å². The minimum absolute atomic E-state index is 0.00778. The number of rotatable bonds is 5. The SMILES string of the molecule is Cc1ccc(Cl)cc1-n1c(C)cc(/C=C(/C#N)C(=O)Nc2nc(S(C)(=O)=O)ns2)c1C. The first-order valence-electron chi connectivity index (χ1n) is 8.93. The Morgan fingerprint density at radius 3 is 2.61 bits per heavy atom. The number of nitrogens with zero attached hydrogens (tertiary/aromatic N) is 4. The smallest absolute Gasteiger partial charge is 0.268 e. The molecule has 3 rings (SSSR count). The summed E-state index contributed by atoms with van der Waals surface area (Å²) in [6.07, 6.45) is 2.45. The van der Waals surface area contributed by atoms with Crippen molar-refractivity contribution < 1.29 is 13.2 Å². The molecule has 3 aromatic rings. The summed E-state index contributed by atoms with van der Waals surface area (Å²) < 4.78 is 28.7. The molecule has 31 heavy (non-hydrogen) atoms. The molecule has 0 atom stereocenters. The summed E-state index contributed by atoms with van der Waals surface area (Å²) >= 11 is 6.89. The number of nitrogens with one attached hydrogen (secondary N) is 1. The molecule has 0 saturated carbocycles. The monoisotopic (exact) mass is 475 g/mol. The van der Waals surface area contributed by atoms with Crippen LogP contribution in [0.3, 0.4) is 0 Å². The Balaban J connectivity index is 1.94. The third-order valence-corrected chi connectivity index (χ3v) is 6.33. The van der Waals surface area contributed by atoms with E-state index in [4.69, 9.17) is 11.6 Å². The van der Waals surface area contributed by atoms with Crippen LogP contribution in [0.4, 0.5) is 5.13 Å². The number of halogens is 1. The lowest BCUT2D eigenvalue weighted by Gasteiger charge is -2.13. The average Bonchev–Trinajstić information content (AvgIpc) is 3.26. The molecule has 2 heterocycles. The Labute approximate surface area is 188 Å². The second kappa shape index (κ2) is 8.63. The highest BCUT2D eigenvalue weighted by atomic mass is 35.5. The Morgan fingerprint density at radius 1 is 1.29 bits per heavy atom. The molecule has 0 saturated heterocycles. The van der Waals surface area contributed by atoms with E-state index in [1.165, 1.54) is 6.08 Å². The zero-order valence-electron chi connectivity index (χ0n) is 17.1. The lowest BCUT2D eigenvalue weighted by molar-refractivity contribution is -0.112. The number of sulfone groups is 1. The molecule has 11 heteroatoms. The van der Waals surface area contributed by atoms with Gasteiger partial charge >= 0.3 is 0 Å². The molecule has 0 fully saturated rings. The van der Waals surface area contributed by atoms with E-state index in [1.807, 2.05) is 55.7 Å². The molecule has 0 radical (unpaired) electrons. The first-order chi connectivity index (χ1) is 14.5. The van der Waals surface area contributed by atoms with Crippen LogP contribution in [0.5, 0.6) is 0 Å². The number of anilines is 1. The third-order valence-electron chi connectivity index (χ3n) is 4.51. The Hall–Kier alpha value is -3.00. The second-order valence-electron chi connectivity index (χ2n) is 6.87. The molecule has 1 N–H and O–H groups in total. The van der Waals surface area contributed by atoms with Crippen molar-refractivity contribution >= 4 is 50.1 Å². The maximum Gasteiger partial charge on any atom is 0.268 e. The summed E-state index contributed by atoms with van der Waals surface area (Å²) in [6.45, 7) is 5.78. The van der Waals surface area contributed by atoms with E-state index < -0.39 is 15.7 Å². The van der Waals surface area contributed by atoms with Crippen LogP contribution in [0.15, 0.2) is 35.0 Å². The van der Waals surface area contributed by atoms with Crippen LogP contribution >= 0.6 is 23.1 Å². The van der Waals surface area contributed by atoms with E-state index in [0.717, 1.165) is 40.4 Å². The summed E-state index contributed by atoms with van der Waals surface area (Å²) in [5, 5.41) is 12.1. The van der Waals surface area contributed by atoms with E-state index in [2.05, 4.69) is 14.7 Å². The van der Waals surface area contributed by atoms with Gasteiger partial charge in [-0.25, -0.2) is 8.42 Å². The quantitative estimate of drug-likeness (QED) is 0.442. The Bertz CT molecular complexity index is 1360. The number of amides is 1. The zero-order valence-corrected chi connectivity index (χ0v) is 19.5. The number of carbonyl (C=O) groups excluding carboxylic acids is 1. The van der Waals surface area contributed by atoms with Gasteiger partial charge < -0.3 is 4.57 Å². The van der Waals surface area contributed by atoms with Crippen molar-refractivity contribution in [2.45, 2.75) is 25.9 Å². The molecule has 0 spiro atoms. The highest BCUT2D eigenvalue weighted by Gasteiger charge is 2.19. The average molecular weight is 476 g/mol. The second-order valence-corrected chi connectivity index (χ2v) is 9.97. The van der Waals surface area contributed by atoms with Gasteiger partial charge in [0.05, 0.1) is 0 Å².